The van der Waals surface area contributed by atoms with E-state index in [-0.39, 0.29) is 22.6 Å². The van der Waals surface area contributed by atoms with E-state index in [2.05, 4.69) is 17.4 Å². The summed E-state index contributed by atoms with van der Waals surface area (Å²) in [7, 11) is -2.04. The Kier molecular flexibility index (Phi) is 5.57. The number of rotatable bonds is 6. The molecule has 0 spiro atoms. The van der Waals surface area contributed by atoms with Crippen molar-refractivity contribution in [3.05, 3.63) is 42.5 Å². The third-order valence-corrected chi connectivity index (χ3v) is 5.12. The van der Waals surface area contributed by atoms with E-state index in [1.807, 2.05) is 12.2 Å². The average Bonchev–Trinajstić information content (AvgIpc) is 2.54. The molecule has 6 nitrogen and oxygen atoms in total. The smallest absolute Gasteiger partial charge is 0.234 e. The molecule has 1 fully saturated rings. The van der Waals surface area contributed by atoms with Gasteiger partial charge in [0.2, 0.25) is 5.91 Å². The van der Waals surface area contributed by atoms with Crippen molar-refractivity contribution in [1.29, 1.82) is 0 Å². The van der Waals surface area contributed by atoms with Crippen molar-refractivity contribution in [3.63, 3.8) is 0 Å². The average molecular weight is 336 g/mol. The van der Waals surface area contributed by atoms with E-state index < -0.39 is 9.84 Å². The Morgan fingerprint density at radius 1 is 1.43 bits per heavy atom. The molecule has 1 amide bonds. The molecule has 2 rings (SSSR count). The van der Waals surface area contributed by atoms with Gasteiger partial charge in [-0.2, -0.15) is 0 Å². The molecule has 1 aromatic carbocycles. The molecule has 7 heteroatoms. The third-order valence-electron chi connectivity index (χ3n) is 3.46. The van der Waals surface area contributed by atoms with Gasteiger partial charge in [0, 0.05) is 12.5 Å². The number of nitrogens with one attached hydrogen (secondary N) is 2. The maximum atomic E-state index is 12.3. The molecule has 23 heavy (non-hydrogen) atoms. The standard InChI is InChI=1S/C16H20N2O4S/c1-3-10-23(20,21)15-11-12(5-8-14(15)22-2)4-6-13-7-9-16(19)18-17-13/h3-6,8,11,13,17H,1,7,9-10H2,2H3,(H,18,19)/b6-4+. The zero-order valence-corrected chi connectivity index (χ0v) is 13.7. The maximum absolute atomic E-state index is 12.3. The molecule has 0 aromatic heterocycles. The topological polar surface area (TPSA) is 84.5 Å². The van der Waals surface area contributed by atoms with Crippen molar-refractivity contribution in [3.8, 4) is 5.75 Å². The number of carbonyl (C=O) groups excluding carboxylic acids is 1. The van der Waals surface area contributed by atoms with Crippen LogP contribution in [-0.4, -0.2) is 33.2 Å². The Bertz CT molecular complexity index is 716. The minimum absolute atomic E-state index is 0.0167. The molecule has 0 radical (unpaired) electrons. The number of methoxy groups -OCH3 is 1. The van der Waals surface area contributed by atoms with Crippen LogP contribution >= 0.6 is 0 Å². The summed E-state index contributed by atoms with van der Waals surface area (Å²) in [5, 5.41) is 0. The molecule has 1 aliphatic rings. The fourth-order valence-electron chi connectivity index (χ4n) is 2.25. The van der Waals surface area contributed by atoms with Gasteiger partial charge >= 0.3 is 0 Å². The van der Waals surface area contributed by atoms with Gasteiger partial charge in [0.05, 0.1) is 12.9 Å². The molecule has 1 heterocycles. The normalized spacial score (nSPS) is 18.7. The van der Waals surface area contributed by atoms with Gasteiger partial charge in [-0.3, -0.25) is 10.2 Å². The Morgan fingerprint density at radius 2 is 2.22 bits per heavy atom. The van der Waals surface area contributed by atoms with Crippen LogP contribution in [0.5, 0.6) is 5.75 Å². The Labute approximate surface area is 136 Å². The number of hydrazine groups is 1. The number of ether oxygens (including phenoxy) is 1. The molecule has 1 unspecified atom stereocenters. The van der Waals surface area contributed by atoms with Crippen LogP contribution in [0.1, 0.15) is 18.4 Å². The highest BCUT2D eigenvalue weighted by Gasteiger charge is 2.19. The number of sulfone groups is 1. The van der Waals surface area contributed by atoms with Gasteiger partial charge in [-0.1, -0.05) is 24.3 Å². The summed E-state index contributed by atoms with van der Waals surface area (Å²) in [4.78, 5) is 11.2. The summed E-state index contributed by atoms with van der Waals surface area (Å²) in [6.07, 6.45) is 6.22. The largest absolute Gasteiger partial charge is 0.495 e. The van der Waals surface area contributed by atoms with Crippen LogP contribution in [0.2, 0.25) is 0 Å². The highest BCUT2D eigenvalue weighted by molar-refractivity contribution is 7.91. The quantitative estimate of drug-likeness (QED) is 0.768. The van der Waals surface area contributed by atoms with E-state index in [1.165, 1.54) is 13.2 Å². The second-order valence-corrected chi connectivity index (χ2v) is 7.18. The van der Waals surface area contributed by atoms with E-state index in [9.17, 15) is 13.2 Å². The third kappa shape index (κ3) is 4.43. The zero-order chi connectivity index (χ0) is 16.9. The molecule has 0 aliphatic carbocycles. The molecule has 0 bridgehead atoms. The summed E-state index contributed by atoms with van der Waals surface area (Å²) in [5.41, 5.74) is 6.20. The van der Waals surface area contributed by atoms with Crippen LogP contribution in [-0.2, 0) is 14.6 Å². The predicted molar refractivity (Wildman–Crippen MR) is 88.6 cm³/mol. The van der Waals surface area contributed by atoms with Gasteiger partial charge in [-0.05, 0) is 24.1 Å². The minimum atomic E-state index is -3.48. The molecule has 1 aromatic rings. The maximum Gasteiger partial charge on any atom is 0.234 e. The Hall–Kier alpha value is -2.12. The van der Waals surface area contributed by atoms with Crippen LogP contribution in [0, 0.1) is 0 Å². The van der Waals surface area contributed by atoms with E-state index in [0.29, 0.717) is 18.6 Å². The predicted octanol–water partition coefficient (Wildman–Crippen LogP) is 1.45. The summed E-state index contributed by atoms with van der Waals surface area (Å²) in [6, 6.07) is 5.01. The van der Waals surface area contributed by atoms with Crippen LogP contribution in [0.3, 0.4) is 0 Å². The molecule has 2 N–H and O–H groups in total. The molecule has 1 saturated heterocycles. The lowest BCUT2D eigenvalue weighted by atomic mass is 10.1. The Balaban J connectivity index is 2.24. The number of benzene rings is 1. The lowest BCUT2D eigenvalue weighted by Gasteiger charge is -2.20. The summed E-state index contributed by atoms with van der Waals surface area (Å²) >= 11 is 0. The molecule has 1 aliphatic heterocycles. The Morgan fingerprint density at radius 3 is 2.83 bits per heavy atom. The summed E-state index contributed by atoms with van der Waals surface area (Å²) < 4.78 is 29.7. The van der Waals surface area contributed by atoms with Gasteiger partial charge in [0.15, 0.2) is 9.84 Å². The first kappa shape index (κ1) is 17.2. The van der Waals surface area contributed by atoms with E-state index in [0.717, 1.165) is 5.56 Å². The van der Waals surface area contributed by atoms with Crippen molar-refractivity contribution in [1.82, 2.24) is 10.9 Å². The second-order valence-electron chi connectivity index (χ2n) is 5.18. The first-order valence-corrected chi connectivity index (χ1v) is 8.86. The van der Waals surface area contributed by atoms with Gasteiger partial charge in [-0.25, -0.2) is 13.8 Å². The molecular weight excluding hydrogens is 316 g/mol. The number of hydrogen-bond donors (Lipinski definition) is 2. The van der Waals surface area contributed by atoms with Crippen molar-refractivity contribution in [2.75, 3.05) is 12.9 Å². The SMILES string of the molecule is C=CCS(=O)(=O)c1cc(/C=C/C2CCC(=O)NN2)ccc1OC. The van der Waals surface area contributed by atoms with Gasteiger partial charge < -0.3 is 4.74 Å². The van der Waals surface area contributed by atoms with Crippen molar-refractivity contribution in [2.45, 2.75) is 23.8 Å². The van der Waals surface area contributed by atoms with E-state index in [4.69, 9.17) is 4.74 Å². The second kappa shape index (κ2) is 7.43. The lowest BCUT2D eigenvalue weighted by molar-refractivity contribution is -0.123. The highest BCUT2D eigenvalue weighted by atomic mass is 32.2. The zero-order valence-electron chi connectivity index (χ0n) is 12.9. The van der Waals surface area contributed by atoms with E-state index in [1.54, 1.807) is 18.2 Å². The van der Waals surface area contributed by atoms with Crippen molar-refractivity contribution >= 4 is 21.8 Å². The number of carbonyl (C=O) groups is 1. The van der Waals surface area contributed by atoms with Crippen LogP contribution < -0.4 is 15.6 Å². The minimum Gasteiger partial charge on any atom is -0.495 e. The summed E-state index contributed by atoms with van der Waals surface area (Å²) in [6.45, 7) is 3.48. The molecule has 124 valence electrons. The highest BCUT2D eigenvalue weighted by Crippen LogP contribution is 2.26. The molecule has 0 saturated carbocycles. The van der Waals surface area contributed by atoms with Crippen LogP contribution in [0.4, 0.5) is 0 Å². The number of amides is 1. The fraction of sp³-hybridized carbons (Fsp3) is 0.312. The summed E-state index contributed by atoms with van der Waals surface area (Å²) in [5.74, 6) is 0.135. The fourth-order valence-corrected chi connectivity index (χ4v) is 3.51. The first-order valence-electron chi connectivity index (χ1n) is 7.20. The molecule has 1 atom stereocenters. The van der Waals surface area contributed by atoms with E-state index >= 15 is 0 Å². The first-order chi connectivity index (χ1) is 11.0. The van der Waals surface area contributed by atoms with Gasteiger partial charge in [-0.15, -0.1) is 6.58 Å². The van der Waals surface area contributed by atoms with Crippen molar-refractivity contribution < 1.29 is 17.9 Å². The van der Waals surface area contributed by atoms with Crippen LogP contribution in [0.25, 0.3) is 6.08 Å². The lowest BCUT2D eigenvalue weighted by Crippen LogP contribution is -2.48. The monoisotopic (exact) mass is 336 g/mol. The van der Waals surface area contributed by atoms with Gasteiger partial charge in [0.1, 0.15) is 10.6 Å². The number of hydrogen-bond acceptors (Lipinski definition) is 5. The van der Waals surface area contributed by atoms with Gasteiger partial charge in [0.25, 0.3) is 0 Å². The van der Waals surface area contributed by atoms with Crippen LogP contribution in [0.15, 0.2) is 41.8 Å². The van der Waals surface area contributed by atoms with Crippen molar-refractivity contribution in [2.24, 2.45) is 0 Å². The molecular formula is C16H20N2O4S.